The van der Waals surface area contributed by atoms with Gasteiger partial charge in [0.15, 0.2) is 8.32 Å². The maximum Gasteiger partial charge on any atom is 0.192 e. The molecule has 0 aromatic carbocycles. The van der Waals surface area contributed by atoms with Crippen molar-refractivity contribution in [2.45, 2.75) is 64.8 Å². The van der Waals surface area contributed by atoms with Gasteiger partial charge >= 0.3 is 0 Å². The molecule has 0 saturated heterocycles. The van der Waals surface area contributed by atoms with Crippen molar-refractivity contribution in [1.29, 1.82) is 0 Å². The van der Waals surface area contributed by atoms with E-state index in [4.69, 9.17) is 4.43 Å². The summed E-state index contributed by atoms with van der Waals surface area (Å²) in [6, 6.07) is 0. The molecule has 3 heteroatoms. The molecule has 86 valence electrons. The fourth-order valence-electron chi connectivity index (χ4n) is 1.12. The fraction of sp³-hybridized carbons (Fsp3) is 1.00. The molecule has 0 aliphatic heterocycles. The molecule has 0 unspecified atom stereocenters. The maximum atomic E-state index is 6.36. The molecule has 0 aromatic heterocycles. The predicted molar refractivity (Wildman–Crippen MR) is 75.9 cm³/mol. The zero-order valence-electron chi connectivity index (χ0n) is 10.7. The van der Waals surface area contributed by atoms with Gasteiger partial charge in [0.2, 0.25) is 0 Å². The molecule has 0 aliphatic rings. The molecule has 0 aromatic rings. The standard InChI is InChI=1S/C11H25IOSi/c1-10(2,3)14(6,7)13-11(4,5)8-9-12/h8-9H2,1-7H3. The highest BCUT2D eigenvalue weighted by molar-refractivity contribution is 14.1. The third kappa shape index (κ3) is 4.62. The van der Waals surface area contributed by atoms with E-state index in [0.717, 1.165) is 6.42 Å². The first kappa shape index (κ1) is 14.9. The summed E-state index contributed by atoms with van der Waals surface area (Å²) in [5.74, 6) is 0. The SMILES string of the molecule is CC(C)(CCI)O[Si](C)(C)C(C)(C)C. The Hall–Kier alpha value is 0.907. The van der Waals surface area contributed by atoms with Gasteiger partial charge in [-0.25, -0.2) is 0 Å². The Morgan fingerprint density at radius 2 is 1.50 bits per heavy atom. The number of hydrogen-bond donors (Lipinski definition) is 0. The zero-order chi connectivity index (χ0) is 11.6. The second kappa shape index (κ2) is 4.83. The third-order valence-corrected chi connectivity index (χ3v) is 8.25. The van der Waals surface area contributed by atoms with E-state index in [9.17, 15) is 0 Å². The second-order valence-corrected chi connectivity index (χ2v) is 11.9. The van der Waals surface area contributed by atoms with E-state index in [0.29, 0.717) is 5.04 Å². The highest BCUT2D eigenvalue weighted by Gasteiger charge is 2.40. The zero-order valence-corrected chi connectivity index (χ0v) is 13.9. The van der Waals surface area contributed by atoms with E-state index in [1.807, 2.05) is 0 Å². The van der Waals surface area contributed by atoms with Crippen molar-refractivity contribution in [2.24, 2.45) is 0 Å². The third-order valence-electron chi connectivity index (χ3n) is 3.03. The Morgan fingerprint density at radius 1 is 1.07 bits per heavy atom. The molecular weight excluding hydrogens is 303 g/mol. The van der Waals surface area contributed by atoms with Gasteiger partial charge in [-0.15, -0.1) is 0 Å². The Kier molecular flexibility index (Phi) is 5.14. The number of halogens is 1. The van der Waals surface area contributed by atoms with Crippen LogP contribution in [0.2, 0.25) is 18.1 Å². The molecule has 0 fully saturated rings. The Balaban J connectivity index is 4.50. The topological polar surface area (TPSA) is 9.23 Å². The van der Waals surface area contributed by atoms with Crippen LogP contribution in [0.4, 0.5) is 0 Å². The highest BCUT2D eigenvalue weighted by atomic mass is 127. The Morgan fingerprint density at radius 3 is 1.79 bits per heavy atom. The summed E-state index contributed by atoms with van der Waals surface area (Å²) >= 11 is 2.42. The van der Waals surface area contributed by atoms with E-state index in [-0.39, 0.29) is 5.60 Å². The molecule has 0 spiro atoms. The van der Waals surface area contributed by atoms with Crippen molar-refractivity contribution >= 4 is 30.9 Å². The lowest BCUT2D eigenvalue weighted by molar-refractivity contribution is 0.0896. The van der Waals surface area contributed by atoms with Gasteiger partial charge in [-0.2, -0.15) is 0 Å². The summed E-state index contributed by atoms with van der Waals surface area (Å²) in [7, 11) is -1.58. The highest BCUT2D eigenvalue weighted by Crippen LogP contribution is 2.39. The van der Waals surface area contributed by atoms with Gasteiger partial charge in [-0.1, -0.05) is 43.4 Å². The normalized spacial score (nSPS) is 14.6. The van der Waals surface area contributed by atoms with E-state index in [1.54, 1.807) is 0 Å². The van der Waals surface area contributed by atoms with Crippen LogP contribution >= 0.6 is 22.6 Å². The van der Waals surface area contributed by atoms with Crippen LogP contribution in [0.5, 0.6) is 0 Å². The Labute approximate surface area is 104 Å². The van der Waals surface area contributed by atoms with Crippen LogP contribution in [0.1, 0.15) is 41.0 Å². The van der Waals surface area contributed by atoms with Crippen LogP contribution in [-0.4, -0.2) is 18.3 Å². The summed E-state index contributed by atoms with van der Waals surface area (Å²) in [5.41, 5.74) is 0.0458. The van der Waals surface area contributed by atoms with Crippen molar-refractivity contribution in [3.63, 3.8) is 0 Å². The van der Waals surface area contributed by atoms with Gasteiger partial charge in [0.25, 0.3) is 0 Å². The summed E-state index contributed by atoms with van der Waals surface area (Å²) in [6.45, 7) is 15.9. The molecule has 0 bridgehead atoms. The molecule has 0 rings (SSSR count). The van der Waals surface area contributed by atoms with Crippen LogP contribution in [-0.2, 0) is 4.43 Å². The first-order chi connectivity index (χ1) is 6.02. The van der Waals surface area contributed by atoms with Crippen molar-refractivity contribution in [3.8, 4) is 0 Å². The molecular formula is C11H25IOSi. The monoisotopic (exact) mass is 328 g/mol. The summed E-state index contributed by atoms with van der Waals surface area (Å²) < 4.78 is 7.53. The maximum absolute atomic E-state index is 6.36. The number of hydrogen-bond acceptors (Lipinski definition) is 1. The second-order valence-electron chi connectivity index (χ2n) is 6.06. The Bertz CT molecular complexity index is 182. The molecule has 0 N–H and O–H groups in total. The fourth-order valence-corrected chi connectivity index (χ4v) is 4.21. The van der Waals surface area contributed by atoms with Crippen LogP contribution in [0.15, 0.2) is 0 Å². The van der Waals surface area contributed by atoms with E-state index < -0.39 is 8.32 Å². The molecule has 1 nitrogen and oxygen atoms in total. The van der Waals surface area contributed by atoms with Crippen molar-refractivity contribution in [1.82, 2.24) is 0 Å². The minimum Gasteiger partial charge on any atom is -0.412 e. The van der Waals surface area contributed by atoms with Crippen LogP contribution in [0, 0.1) is 0 Å². The summed E-state index contributed by atoms with van der Waals surface area (Å²) in [6.07, 6.45) is 1.14. The molecule has 0 atom stereocenters. The van der Waals surface area contributed by atoms with Gasteiger partial charge in [-0.05, 0) is 38.4 Å². The molecule has 0 heterocycles. The molecule has 0 aliphatic carbocycles. The first-order valence-electron chi connectivity index (χ1n) is 5.28. The van der Waals surface area contributed by atoms with Crippen molar-refractivity contribution < 1.29 is 4.43 Å². The molecule has 14 heavy (non-hydrogen) atoms. The van der Waals surface area contributed by atoms with Crippen LogP contribution < -0.4 is 0 Å². The summed E-state index contributed by atoms with van der Waals surface area (Å²) in [4.78, 5) is 0. The largest absolute Gasteiger partial charge is 0.412 e. The van der Waals surface area contributed by atoms with Gasteiger partial charge in [0.05, 0.1) is 5.60 Å². The van der Waals surface area contributed by atoms with Crippen molar-refractivity contribution in [3.05, 3.63) is 0 Å². The summed E-state index contributed by atoms with van der Waals surface area (Å²) in [5, 5.41) is 0.315. The lowest BCUT2D eigenvalue weighted by Crippen LogP contribution is -2.47. The van der Waals surface area contributed by atoms with E-state index >= 15 is 0 Å². The van der Waals surface area contributed by atoms with E-state index in [2.05, 4.69) is 70.3 Å². The molecule has 0 amide bonds. The number of rotatable bonds is 4. The smallest absolute Gasteiger partial charge is 0.192 e. The lowest BCUT2D eigenvalue weighted by Gasteiger charge is -2.42. The quantitative estimate of drug-likeness (QED) is 0.416. The van der Waals surface area contributed by atoms with Crippen LogP contribution in [0.25, 0.3) is 0 Å². The van der Waals surface area contributed by atoms with Gasteiger partial charge in [0.1, 0.15) is 0 Å². The minimum atomic E-state index is -1.58. The predicted octanol–water partition coefficient (Wildman–Crippen LogP) is 4.61. The number of alkyl halides is 1. The molecule has 0 saturated carbocycles. The van der Waals surface area contributed by atoms with Gasteiger partial charge in [-0.3, -0.25) is 0 Å². The van der Waals surface area contributed by atoms with Crippen molar-refractivity contribution in [2.75, 3.05) is 4.43 Å². The first-order valence-corrected chi connectivity index (χ1v) is 9.71. The van der Waals surface area contributed by atoms with Gasteiger partial charge < -0.3 is 4.43 Å². The van der Waals surface area contributed by atoms with Crippen LogP contribution in [0.3, 0.4) is 0 Å². The average Bonchev–Trinajstić information content (AvgIpc) is 1.80. The molecule has 0 radical (unpaired) electrons. The average molecular weight is 328 g/mol. The lowest BCUT2D eigenvalue weighted by atomic mass is 10.1. The van der Waals surface area contributed by atoms with Gasteiger partial charge in [0, 0.05) is 4.43 Å². The van der Waals surface area contributed by atoms with E-state index in [1.165, 1.54) is 4.43 Å². The minimum absolute atomic E-state index is 0.0458.